The normalized spacial score (nSPS) is 41.3. The van der Waals surface area contributed by atoms with Crippen LogP contribution >= 0.6 is 0 Å². The van der Waals surface area contributed by atoms with Gasteiger partial charge >= 0.3 is 0 Å². The topological polar surface area (TPSA) is 24.5 Å². The molecule has 4 unspecified atom stereocenters. The van der Waals surface area contributed by atoms with E-state index in [9.17, 15) is 0 Å². The Morgan fingerprint density at radius 3 is 2.94 bits per heavy atom. The van der Waals surface area contributed by atoms with Gasteiger partial charge in [-0.05, 0) is 51.1 Å². The summed E-state index contributed by atoms with van der Waals surface area (Å²) in [6, 6.07) is 0.744. The predicted octanol–water partition coefficient (Wildman–Crippen LogP) is 1.49. The summed E-state index contributed by atoms with van der Waals surface area (Å²) in [4.78, 5) is 2.48. The van der Waals surface area contributed by atoms with Gasteiger partial charge in [0, 0.05) is 25.7 Å². The molecule has 3 rings (SSSR count). The molecule has 1 N–H and O–H groups in total. The van der Waals surface area contributed by atoms with E-state index in [0.29, 0.717) is 6.10 Å². The first-order valence-corrected chi connectivity index (χ1v) is 7.36. The molecule has 2 aliphatic heterocycles. The molecular weight excluding hydrogens is 212 g/mol. The Labute approximate surface area is 105 Å². The molecule has 0 bridgehead atoms. The third-order valence-electron chi connectivity index (χ3n) is 4.92. The van der Waals surface area contributed by atoms with Gasteiger partial charge < -0.3 is 15.0 Å². The monoisotopic (exact) mass is 238 g/mol. The lowest BCUT2D eigenvalue weighted by Gasteiger charge is -2.26. The van der Waals surface area contributed by atoms with E-state index in [2.05, 4.69) is 17.3 Å². The van der Waals surface area contributed by atoms with Gasteiger partial charge in [-0.25, -0.2) is 0 Å². The molecule has 2 saturated heterocycles. The second kappa shape index (κ2) is 5.25. The maximum atomic E-state index is 5.71. The average molecular weight is 238 g/mol. The third kappa shape index (κ3) is 2.67. The predicted molar refractivity (Wildman–Crippen MR) is 69.1 cm³/mol. The SMILES string of the molecule is CN(CC1CCCO1)CC1NCC2CCCC21. The van der Waals surface area contributed by atoms with Gasteiger partial charge in [-0.1, -0.05) is 6.42 Å². The number of nitrogens with one attached hydrogen (secondary N) is 1. The smallest absolute Gasteiger partial charge is 0.0702 e. The molecule has 17 heavy (non-hydrogen) atoms. The molecule has 1 saturated carbocycles. The molecule has 3 fully saturated rings. The standard InChI is InChI=1S/C14H26N2O/c1-16(9-12-5-3-7-17-12)10-14-13-6-2-4-11(13)8-15-14/h11-15H,2-10H2,1H3. The van der Waals surface area contributed by atoms with Gasteiger partial charge in [-0.3, -0.25) is 0 Å². The number of ether oxygens (including phenoxy) is 1. The minimum absolute atomic E-state index is 0.501. The van der Waals surface area contributed by atoms with Crippen LogP contribution in [0.15, 0.2) is 0 Å². The molecule has 0 aromatic rings. The van der Waals surface area contributed by atoms with Crippen molar-refractivity contribution >= 4 is 0 Å². The zero-order chi connectivity index (χ0) is 11.7. The van der Waals surface area contributed by atoms with Gasteiger partial charge in [-0.2, -0.15) is 0 Å². The van der Waals surface area contributed by atoms with Crippen molar-refractivity contribution in [2.24, 2.45) is 11.8 Å². The Hall–Kier alpha value is -0.120. The summed E-state index contributed by atoms with van der Waals surface area (Å²) in [6.07, 6.45) is 7.39. The fraction of sp³-hybridized carbons (Fsp3) is 1.00. The quantitative estimate of drug-likeness (QED) is 0.803. The van der Waals surface area contributed by atoms with E-state index in [4.69, 9.17) is 4.74 Å². The van der Waals surface area contributed by atoms with Gasteiger partial charge in [0.25, 0.3) is 0 Å². The van der Waals surface area contributed by atoms with Crippen molar-refractivity contribution in [3.05, 3.63) is 0 Å². The molecule has 1 aliphatic carbocycles. The zero-order valence-electron chi connectivity index (χ0n) is 11.0. The van der Waals surface area contributed by atoms with E-state index in [-0.39, 0.29) is 0 Å². The summed E-state index contributed by atoms with van der Waals surface area (Å²) in [5.74, 6) is 1.94. The molecule has 0 aromatic carbocycles. The Kier molecular flexibility index (Phi) is 3.69. The number of nitrogens with zero attached hydrogens (tertiary/aromatic N) is 1. The second-order valence-corrected chi connectivity index (χ2v) is 6.23. The second-order valence-electron chi connectivity index (χ2n) is 6.23. The van der Waals surface area contributed by atoms with Gasteiger partial charge in [0.15, 0.2) is 0 Å². The molecular formula is C14H26N2O. The van der Waals surface area contributed by atoms with Crippen LogP contribution in [0.25, 0.3) is 0 Å². The Morgan fingerprint density at radius 2 is 2.12 bits per heavy atom. The van der Waals surface area contributed by atoms with Crippen molar-refractivity contribution in [1.29, 1.82) is 0 Å². The molecule has 0 radical (unpaired) electrons. The van der Waals surface area contributed by atoms with Crippen LogP contribution in [-0.2, 0) is 4.74 Å². The first kappa shape index (κ1) is 11.9. The molecule has 2 heterocycles. The van der Waals surface area contributed by atoms with Crippen molar-refractivity contribution < 1.29 is 4.74 Å². The number of hydrogen-bond donors (Lipinski definition) is 1. The third-order valence-corrected chi connectivity index (χ3v) is 4.92. The van der Waals surface area contributed by atoms with Crippen molar-refractivity contribution in [2.75, 3.05) is 33.3 Å². The summed E-state index contributed by atoms with van der Waals surface area (Å²) >= 11 is 0. The maximum Gasteiger partial charge on any atom is 0.0702 e. The number of likely N-dealkylation sites (N-methyl/N-ethyl adjacent to an activating group) is 1. The highest BCUT2D eigenvalue weighted by Gasteiger charge is 2.39. The summed E-state index contributed by atoms with van der Waals surface area (Å²) in [5, 5.41) is 3.73. The highest BCUT2D eigenvalue weighted by molar-refractivity contribution is 4.95. The molecule has 98 valence electrons. The van der Waals surface area contributed by atoms with E-state index in [1.54, 1.807) is 0 Å². The van der Waals surface area contributed by atoms with Gasteiger partial charge in [0.05, 0.1) is 6.10 Å². The van der Waals surface area contributed by atoms with E-state index >= 15 is 0 Å². The number of fused-ring (bicyclic) bond motifs is 1. The maximum absolute atomic E-state index is 5.71. The molecule has 3 heteroatoms. The van der Waals surface area contributed by atoms with Gasteiger partial charge in [0.2, 0.25) is 0 Å². The minimum Gasteiger partial charge on any atom is -0.377 e. The first-order valence-electron chi connectivity index (χ1n) is 7.36. The summed E-state index contributed by atoms with van der Waals surface area (Å²) in [5.41, 5.74) is 0. The Morgan fingerprint density at radius 1 is 1.18 bits per heavy atom. The van der Waals surface area contributed by atoms with Crippen molar-refractivity contribution in [1.82, 2.24) is 10.2 Å². The molecule has 0 aromatic heterocycles. The zero-order valence-corrected chi connectivity index (χ0v) is 11.0. The number of rotatable bonds is 4. The van der Waals surface area contributed by atoms with E-state index in [1.807, 2.05) is 0 Å². The Balaban J connectivity index is 1.46. The van der Waals surface area contributed by atoms with Gasteiger partial charge in [-0.15, -0.1) is 0 Å². The van der Waals surface area contributed by atoms with Crippen LogP contribution in [0.3, 0.4) is 0 Å². The molecule has 3 aliphatic rings. The van der Waals surface area contributed by atoms with E-state index < -0.39 is 0 Å². The Bertz CT molecular complexity index is 253. The van der Waals surface area contributed by atoms with Crippen LogP contribution in [-0.4, -0.2) is 50.3 Å². The van der Waals surface area contributed by atoms with Crippen molar-refractivity contribution in [3.63, 3.8) is 0 Å². The summed E-state index contributed by atoms with van der Waals surface area (Å²) in [7, 11) is 2.26. The van der Waals surface area contributed by atoms with E-state index in [0.717, 1.165) is 31.0 Å². The van der Waals surface area contributed by atoms with Crippen LogP contribution in [0.2, 0.25) is 0 Å². The van der Waals surface area contributed by atoms with Crippen LogP contribution in [0, 0.1) is 11.8 Å². The largest absolute Gasteiger partial charge is 0.377 e. The summed E-state index contributed by atoms with van der Waals surface area (Å²) < 4.78 is 5.71. The lowest BCUT2D eigenvalue weighted by Crippen LogP contribution is -2.41. The average Bonchev–Trinajstić information content (AvgIpc) is 2.97. The van der Waals surface area contributed by atoms with Crippen molar-refractivity contribution in [3.8, 4) is 0 Å². The van der Waals surface area contributed by atoms with Crippen LogP contribution in [0.4, 0.5) is 0 Å². The summed E-state index contributed by atoms with van der Waals surface area (Å²) in [6.45, 7) is 4.57. The fourth-order valence-electron chi connectivity index (χ4n) is 4.05. The van der Waals surface area contributed by atoms with Crippen LogP contribution < -0.4 is 5.32 Å². The molecule has 4 atom stereocenters. The fourth-order valence-corrected chi connectivity index (χ4v) is 4.05. The highest BCUT2D eigenvalue weighted by atomic mass is 16.5. The first-order chi connectivity index (χ1) is 8.33. The van der Waals surface area contributed by atoms with Gasteiger partial charge in [0.1, 0.15) is 0 Å². The lowest BCUT2D eigenvalue weighted by atomic mass is 9.94. The van der Waals surface area contributed by atoms with Crippen LogP contribution in [0.5, 0.6) is 0 Å². The van der Waals surface area contributed by atoms with Crippen LogP contribution in [0.1, 0.15) is 32.1 Å². The van der Waals surface area contributed by atoms with Crippen molar-refractivity contribution in [2.45, 2.75) is 44.2 Å². The molecule has 0 amide bonds. The molecule has 0 spiro atoms. The molecule has 3 nitrogen and oxygen atoms in total. The van der Waals surface area contributed by atoms with E-state index in [1.165, 1.54) is 45.2 Å². The number of hydrogen-bond acceptors (Lipinski definition) is 3. The lowest BCUT2D eigenvalue weighted by molar-refractivity contribution is 0.0773. The highest BCUT2D eigenvalue weighted by Crippen LogP contribution is 2.37. The minimum atomic E-state index is 0.501.